The van der Waals surface area contributed by atoms with Crippen LogP contribution in [-0.4, -0.2) is 30.9 Å². The van der Waals surface area contributed by atoms with E-state index in [-0.39, 0.29) is 24.2 Å². The second-order valence-corrected chi connectivity index (χ2v) is 5.11. The molecule has 0 spiro atoms. The number of hydrogen-bond acceptors (Lipinski definition) is 3. The summed E-state index contributed by atoms with van der Waals surface area (Å²) >= 11 is 0. The Hall–Kier alpha value is -1.59. The van der Waals surface area contributed by atoms with Crippen LogP contribution in [0.4, 0.5) is 5.69 Å². The van der Waals surface area contributed by atoms with Crippen LogP contribution < -0.4 is 16.0 Å². The van der Waals surface area contributed by atoms with Gasteiger partial charge >= 0.3 is 0 Å². The summed E-state index contributed by atoms with van der Waals surface area (Å²) in [5, 5.41) is 2.71. The second-order valence-electron chi connectivity index (χ2n) is 5.11. The lowest BCUT2D eigenvalue weighted by Gasteiger charge is -2.17. The lowest BCUT2D eigenvalue weighted by molar-refractivity contribution is -0.122. The Balaban J connectivity index is 0.00000220. The number of nitrogens with two attached hydrogens (primary N) is 1. The minimum atomic E-state index is -0.504. The number of fused-ring (bicyclic) bond motifs is 1. The zero-order valence-corrected chi connectivity index (χ0v) is 13.0. The molecule has 3 N–H and O–H groups in total. The van der Waals surface area contributed by atoms with Gasteiger partial charge in [0.05, 0.1) is 6.04 Å². The summed E-state index contributed by atoms with van der Waals surface area (Å²) < 4.78 is 0. The Morgan fingerprint density at radius 1 is 1.38 bits per heavy atom. The van der Waals surface area contributed by atoms with Crippen LogP contribution in [0.2, 0.25) is 0 Å². The summed E-state index contributed by atoms with van der Waals surface area (Å²) in [6, 6.07) is 7.49. The van der Waals surface area contributed by atoms with Crippen molar-refractivity contribution in [2.45, 2.75) is 32.2 Å². The number of amides is 2. The summed E-state index contributed by atoms with van der Waals surface area (Å²) in [7, 11) is 0. The molecule has 1 heterocycles. The highest BCUT2D eigenvalue weighted by Gasteiger charge is 2.23. The van der Waals surface area contributed by atoms with Crippen LogP contribution in [0.15, 0.2) is 24.3 Å². The van der Waals surface area contributed by atoms with Gasteiger partial charge in [0.2, 0.25) is 11.8 Å². The van der Waals surface area contributed by atoms with Crippen LogP contribution in [0.5, 0.6) is 0 Å². The number of nitrogens with zero attached hydrogens (tertiary/aromatic N) is 1. The fourth-order valence-electron chi connectivity index (χ4n) is 2.34. The van der Waals surface area contributed by atoms with Crippen molar-refractivity contribution in [2.75, 3.05) is 18.0 Å². The fraction of sp³-hybridized carbons (Fsp3) is 0.467. The molecule has 1 aromatic carbocycles. The van der Waals surface area contributed by atoms with Crippen molar-refractivity contribution < 1.29 is 9.59 Å². The first-order valence-electron chi connectivity index (χ1n) is 7.01. The predicted octanol–water partition coefficient (Wildman–Crippen LogP) is 1.24. The SMILES string of the molecule is C[C@H](N)C(=O)NCCCC(=O)N1CCc2ccccc21.Cl. The molecule has 2 rings (SSSR count). The average molecular weight is 312 g/mol. The first-order valence-corrected chi connectivity index (χ1v) is 7.01. The smallest absolute Gasteiger partial charge is 0.236 e. The summed E-state index contributed by atoms with van der Waals surface area (Å²) in [5.41, 5.74) is 7.70. The molecule has 0 fully saturated rings. The van der Waals surface area contributed by atoms with Crippen LogP contribution >= 0.6 is 12.4 Å². The van der Waals surface area contributed by atoms with Gasteiger partial charge in [-0.1, -0.05) is 18.2 Å². The maximum atomic E-state index is 12.2. The minimum absolute atomic E-state index is 0. The van der Waals surface area contributed by atoms with E-state index in [2.05, 4.69) is 11.4 Å². The molecule has 1 atom stereocenters. The molecule has 0 unspecified atom stereocenters. The Labute approximate surface area is 131 Å². The maximum Gasteiger partial charge on any atom is 0.236 e. The first kappa shape index (κ1) is 17.5. The van der Waals surface area contributed by atoms with Gasteiger partial charge in [0.15, 0.2) is 0 Å². The molecule has 0 saturated carbocycles. The van der Waals surface area contributed by atoms with Gasteiger partial charge in [-0.15, -0.1) is 12.4 Å². The van der Waals surface area contributed by atoms with Crippen LogP contribution in [0, 0.1) is 0 Å². The molecule has 1 aliphatic heterocycles. The summed E-state index contributed by atoms with van der Waals surface area (Å²) in [6.07, 6.45) is 1.99. The van der Waals surface area contributed by atoms with Gasteiger partial charge in [0, 0.05) is 25.2 Å². The third-order valence-electron chi connectivity index (χ3n) is 3.47. The van der Waals surface area contributed by atoms with Crippen LogP contribution in [-0.2, 0) is 16.0 Å². The zero-order valence-electron chi connectivity index (χ0n) is 12.2. The van der Waals surface area contributed by atoms with Crippen molar-refractivity contribution in [1.82, 2.24) is 5.32 Å². The number of carbonyl (C=O) groups is 2. The molecule has 0 saturated heterocycles. The number of hydrogen-bond donors (Lipinski definition) is 2. The highest BCUT2D eigenvalue weighted by molar-refractivity contribution is 5.95. The molecule has 21 heavy (non-hydrogen) atoms. The van der Waals surface area contributed by atoms with E-state index in [1.165, 1.54) is 5.56 Å². The van der Waals surface area contributed by atoms with E-state index in [1.54, 1.807) is 6.92 Å². The summed E-state index contributed by atoms with van der Waals surface area (Å²) in [4.78, 5) is 25.3. The Kier molecular flexibility index (Phi) is 6.65. The standard InChI is InChI=1S/C15H21N3O2.ClH/c1-11(16)15(20)17-9-4-7-14(19)18-10-8-12-5-2-3-6-13(12)18;/h2-3,5-6,11H,4,7-10,16H2,1H3,(H,17,20);1H/t11-;/m0./s1. The zero-order chi connectivity index (χ0) is 14.5. The first-order chi connectivity index (χ1) is 9.59. The molecule has 1 aromatic rings. The number of carbonyl (C=O) groups excluding carboxylic acids is 2. The number of para-hydroxylation sites is 1. The van der Waals surface area contributed by atoms with E-state index in [4.69, 9.17) is 5.73 Å². The Bertz CT molecular complexity index is 505. The molecule has 0 radical (unpaired) electrons. The van der Waals surface area contributed by atoms with Crippen LogP contribution in [0.25, 0.3) is 0 Å². The highest BCUT2D eigenvalue weighted by atomic mass is 35.5. The van der Waals surface area contributed by atoms with E-state index in [1.807, 2.05) is 23.1 Å². The quantitative estimate of drug-likeness (QED) is 0.803. The minimum Gasteiger partial charge on any atom is -0.355 e. The lowest BCUT2D eigenvalue weighted by Crippen LogP contribution is -2.39. The maximum absolute atomic E-state index is 12.2. The monoisotopic (exact) mass is 311 g/mol. The van der Waals surface area contributed by atoms with Crippen LogP contribution in [0.1, 0.15) is 25.3 Å². The van der Waals surface area contributed by atoms with E-state index in [0.29, 0.717) is 19.4 Å². The van der Waals surface area contributed by atoms with E-state index in [0.717, 1.165) is 18.7 Å². The number of rotatable bonds is 5. The molecule has 5 nitrogen and oxygen atoms in total. The third-order valence-corrected chi connectivity index (χ3v) is 3.47. The molecule has 1 aliphatic rings. The number of anilines is 1. The van der Waals surface area contributed by atoms with E-state index in [9.17, 15) is 9.59 Å². The number of halogens is 1. The molecular formula is C15H22ClN3O2. The third kappa shape index (κ3) is 4.44. The predicted molar refractivity (Wildman–Crippen MR) is 85.6 cm³/mol. The van der Waals surface area contributed by atoms with Crippen molar-refractivity contribution in [1.29, 1.82) is 0 Å². The topological polar surface area (TPSA) is 75.4 Å². The Morgan fingerprint density at radius 3 is 2.81 bits per heavy atom. The van der Waals surface area contributed by atoms with Crippen molar-refractivity contribution in [3.63, 3.8) is 0 Å². The van der Waals surface area contributed by atoms with Crippen molar-refractivity contribution in [3.8, 4) is 0 Å². The van der Waals surface area contributed by atoms with Gasteiger partial charge in [-0.2, -0.15) is 0 Å². The number of benzene rings is 1. The second kappa shape index (κ2) is 8.00. The van der Waals surface area contributed by atoms with Gasteiger partial charge in [-0.3, -0.25) is 9.59 Å². The van der Waals surface area contributed by atoms with Crippen molar-refractivity contribution >= 4 is 29.9 Å². The van der Waals surface area contributed by atoms with Gasteiger partial charge in [0.1, 0.15) is 0 Å². The molecule has 2 amide bonds. The van der Waals surface area contributed by atoms with Gasteiger partial charge in [0.25, 0.3) is 0 Å². The normalized spacial score (nSPS) is 14.1. The highest BCUT2D eigenvalue weighted by Crippen LogP contribution is 2.27. The number of nitrogens with one attached hydrogen (secondary N) is 1. The van der Waals surface area contributed by atoms with E-state index < -0.39 is 6.04 Å². The lowest BCUT2D eigenvalue weighted by atomic mass is 10.2. The van der Waals surface area contributed by atoms with Gasteiger partial charge in [-0.05, 0) is 31.4 Å². The van der Waals surface area contributed by atoms with Gasteiger partial charge in [-0.25, -0.2) is 0 Å². The van der Waals surface area contributed by atoms with E-state index >= 15 is 0 Å². The summed E-state index contributed by atoms with van der Waals surface area (Å²) in [6.45, 7) is 2.88. The molecule has 6 heteroatoms. The molecule has 0 bridgehead atoms. The average Bonchev–Trinajstić information content (AvgIpc) is 2.87. The summed E-state index contributed by atoms with van der Waals surface area (Å²) in [5.74, 6) is -0.0611. The molecular weight excluding hydrogens is 290 g/mol. The van der Waals surface area contributed by atoms with Gasteiger partial charge < -0.3 is 16.0 Å². The van der Waals surface area contributed by atoms with Crippen LogP contribution in [0.3, 0.4) is 0 Å². The fourth-order valence-corrected chi connectivity index (χ4v) is 2.34. The molecule has 116 valence electrons. The largest absolute Gasteiger partial charge is 0.355 e. The van der Waals surface area contributed by atoms with Crippen molar-refractivity contribution in [3.05, 3.63) is 29.8 Å². The molecule has 0 aromatic heterocycles. The van der Waals surface area contributed by atoms with Crippen molar-refractivity contribution in [2.24, 2.45) is 5.73 Å². The Morgan fingerprint density at radius 2 is 2.10 bits per heavy atom. The molecule has 0 aliphatic carbocycles.